The zero-order chi connectivity index (χ0) is 19.0. The first kappa shape index (κ1) is 15.9. The number of hydrogen-bond acceptors (Lipinski definition) is 3. The van der Waals surface area contributed by atoms with Gasteiger partial charge in [-0.15, -0.1) is 0 Å². The molecule has 4 nitrogen and oxygen atoms in total. The number of anilines is 2. The lowest BCUT2D eigenvalue weighted by molar-refractivity contribution is -0.125. The maximum atomic E-state index is 13.6. The zero-order valence-electron chi connectivity index (χ0n) is 15.2. The number of carbonyl (C=O) groups is 2. The second-order valence-electron chi connectivity index (χ2n) is 8.26. The van der Waals surface area contributed by atoms with E-state index in [2.05, 4.69) is 36.4 Å². The number of allylic oxidation sites excluding steroid dienone is 4. The van der Waals surface area contributed by atoms with E-state index in [0.717, 1.165) is 0 Å². The molecule has 0 aromatic heterocycles. The Morgan fingerprint density at radius 3 is 1.82 bits per heavy atom. The lowest BCUT2D eigenvalue weighted by atomic mass is 9.48. The van der Waals surface area contributed by atoms with Crippen LogP contribution in [0, 0.1) is 23.7 Å². The number of rotatable bonds is 1. The molecule has 0 radical (unpaired) electrons. The van der Waals surface area contributed by atoms with E-state index >= 15 is 0 Å². The molecule has 28 heavy (non-hydrogen) atoms. The molecule has 5 aliphatic rings. The molecule has 1 saturated heterocycles. The number of imide groups is 1. The number of benzene rings is 2. The highest BCUT2D eigenvalue weighted by Gasteiger charge is 2.64. The molecular formula is C24H20N2O2. The first-order valence-corrected chi connectivity index (χ1v) is 9.84. The minimum Gasteiger partial charge on any atom is -0.399 e. The van der Waals surface area contributed by atoms with Gasteiger partial charge in [-0.2, -0.15) is 0 Å². The average Bonchev–Trinajstić information content (AvgIpc) is 2.99. The first-order chi connectivity index (χ1) is 13.7. The second-order valence-corrected chi connectivity index (χ2v) is 8.26. The summed E-state index contributed by atoms with van der Waals surface area (Å²) >= 11 is 0. The fourth-order valence-corrected chi connectivity index (χ4v) is 6.14. The number of hydrogen-bond donors (Lipinski definition) is 1. The van der Waals surface area contributed by atoms with Crippen LogP contribution in [0.15, 0.2) is 72.8 Å². The summed E-state index contributed by atoms with van der Waals surface area (Å²) in [5.41, 5.74) is 9.55. The van der Waals surface area contributed by atoms with Gasteiger partial charge in [0.15, 0.2) is 0 Å². The van der Waals surface area contributed by atoms with Gasteiger partial charge >= 0.3 is 0 Å². The van der Waals surface area contributed by atoms with Gasteiger partial charge in [-0.1, -0.05) is 54.6 Å². The Bertz CT molecular complexity index is 1020. The molecule has 0 spiro atoms. The molecule has 7 rings (SSSR count). The fourth-order valence-electron chi connectivity index (χ4n) is 6.14. The SMILES string of the molecule is Nc1cccc(N2C(=O)C3C(C2=O)C2c4ccccc4C3C3C=CC=CC32)c1. The van der Waals surface area contributed by atoms with Crippen LogP contribution in [-0.2, 0) is 9.59 Å². The van der Waals surface area contributed by atoms with Crippen molar-refractivity contribution in [3.8, 4) is 0 Å². The van der Waals surface area contributed by atoms with Gasteiger partial charge < -0.3 is 5.73 Å². The monoisotopic (exact) mass is 368 g/mol. The van der Waals surface area contributed by atoms with Crippen molar-refractivity contribution in [3.05, 3.63) is 84.0 Å². The van der Waals surface area contributed by atoms with Crippen LogP contribution in [-0.4, -0.2) is 11.8 Å². The van der Waals surface area contributed by atoms with Gasteiger partial charge in [-0.05, 0) is 41.2 Å². The molecule has 2 amide bonds. The van der Waals surface area contributed by atoms with E-state index in [1.54, 1.807) is 24.3 Å². The topological polar surface area (TPSA) is 63.4 Å². The molecule has 4 heteroatoms. The number of nitrogens with two attached hydrogens (primary N) is 1. The van der Waals surface area contributed by atoms with Crippen LogP contribution in [0.2, 0.25) is 0 Å². The molecule has 6 unspecified atom stereocenters. The molecule has 2 aromatic rings. The molecule has 2 fully saturated rings. The Hall–Kier alpha value is -3.14. The normalized spacial score (nSPS) is 34.4. The maximum Gasteiger partial charge on any atom is 0.238 e. The Labute approximate surface area is 163 Å². The Balaban J connectivity index is 1.54. The number of amides is 2. The van der Waals surface area contributed by atoms with E-state index in [0.29, 0.717) is 11.4 Å². The van der Waals surface area contributed by atoms with Gasteiger partial charge in [0.05, 0.1) is 17.5 Å². The quantitative estimate of drug-likeness (QED) is 0.618. The third-order valence-corrected chi connectivity index (χ3v) is 7.07. The van der Waals surface area contributed by atoms with E-state index in [1.165, 1.54) is 16.0 Å². The van der Waals surface area contributed by atoms with Crippen molar-refractivity contribution < 1.29 is 9.59 Å². The van der Waals surface area contributed by atoms with Gasteiger partial charge in [0.1, 0.15) is 0 Å². The van der Waals surface area contributed by atoms with Crippen molar-refractivity contribution in [2.75, 3.05) is 10.6 Å². The average molecular weight is 368 g/mol. The molecule has 2 aromatic carbocycles. The fraction of sp³-hybridized carbons (Fsp3) is 0.250. The Morgan fingerprint density at radius 1 is 0.714 bits per heavy atom. The summed E-state index contributed by atoms with van der Waals surface area (Å²) in [4.78, 5) is 28.5. The van der Waals surface area contributed by atoms with E-state index in [1.807, 2.05) is 12.1 Å². The minimum atomic E-state index is -0.300. The van der Waals surface area contributed by atoms with Crippen LogP contribution in [0.5, 0.6) is 0 Å². The summed E-state index contributed by atoms with van der Waals surface area (Å²) in [6.07, 6.45) is 8.62. The van der Waals surface area contributed by atoms with Gasteiger partial charge in [0.25, 0.3) is 0 Å². The lowest BCUT2D eigenvalue weighted by Gasteiger charge is -2.53. The van der Waals surface area contributed by atoms with E-state index in [9.17, 15) is 9.59 Å². The van der Waals surface area contributed by atoms with Crippen molar-refractivity contribution in [3.63, 3.8) is 0 Å². The highest BCUT2D eigenvalue weighted by atomic mass is 16.2. The minimum absolute atomic E-state index is 0.0416. The Morgan fingerprint density at radius 2 is 1.29 bits per heavy atom. The van der Waals surface area contributed by atoms with Crippen LogP contribution in [0.3, 0.4) is 0 Å². The van der Waals surface area contributed by atoms with Gasteiger partial charge in [-0.3, -0.25) is 9.59 Å². The summed E-state index contributed by atoms with van der Waals surface area (Å²) < 4.78 is 0. The van der Waals surface area contributed by atoms with Crippen molar-refractivity contribution >= 4 is 23.2 Å². The summed E-state index contributed by atoms with van der Waals surface area (Å²) in [5.74, 6) is -0.136. The van der Waals surface area contributed by atoms with Gasteiger partial charge in [0, 0.05) is 17.5 Å². The maximum absolute atomic E-state index is 13.6. The van der Waals surface area contributed by atoms with Crippen LogP contribution >= 0.6 is 0 Å². The van der Waals surface area contributed by atoms with Crippen LogP contribution in [0.1, 0.15) is 23.0 Å². The summed E-state index contributed by atoms with van der Waals surface area (Å²) in [7, 11) is 0. The smallest absolute Gasteiger partial charge is 0.238 e. The van der Waals surface area contributed by atoms with Crippen LogP contribution in [0.4, 0.5) is 11.4 Å². The highest BCUT2D eigenvalue weighted by molar-refractivity contribution is 6.23. The zero-order valence-corrected chi connectivity index (χ0v) is 15.2. The third kappa shape index (κ3) is 1.85. The molecule has 6 atom stereocenters. The van der Waals surface area contributed by atoms with Crippen molar-refractivity contribution in [1.29, 1.82) is 0 Å². The summed E-state index contributed by atoms with van der Waals surface area (Å²) in [5, 5.41) is 0. The molecule has 1 aliphatic heterocycles. The molecule has 138 valence electrons. The van der Waals surface area contributed by atoms with Crippen molar-refractivity contribution in [1.82, 2.24) is 0 Å². The van der Waals surface area contributed by atoms with E-state index < -0.39 is 0 Å². The second kappa shape index (κ2) is 5.44. The van der Waals surface area contributed by atoms with Gasteiger partial charge in [0.2, 0.25) is 11.8 Å². The molecule has 4 aliphatic carbocycles. The van der Waals surface area contributed by atoms with Gasteiger partial charge in [-0.25, -0.2) is 4.90 Å². The molecule has 1 heterocycles. The molecule has 1 saturated carbocycles. The molecule has 2 bridgehead atoms. The van der Waals surface area contributed by atoms with Crippen molar-refractivity contribution in [2.45, 2.75) is 11.8 Å². The largest absolute Gasteiger partial charge is 0.399 e. The van der Waals surface area contributed by atoms with E-state index in [4.69, 9.17) is 5.73 Å². The molecule has 2 N–H and O–H groups in total. The van der Waals surface area contributed by atoms with Crippen LogP contribution < -0.4 is 10.6 Å². The third-order valence-electron chi connectivity index (χ3n) is 7.07. The predicted octanol–water partition coefficient (Wildman–Crippen LogP) is 3.63. The predicted molar refractivity (Wildman–Crippen MR) is 108 cm³/mol. The first-order valence-electron chi connectivity index (χ1n) is 9.84. The Kier molecular flexibility index (Phi) is 3.09. The number of nitrogen functional groups attached to an aromatic ring is 1. The van der Waals surface area contributed by atoms with E-state index in [-0.39, 0.29) is 47.3 Å². The lowest BCUT2D eigenvalue weighted by Crippen LogP contribution is -2.49. The summed E-state index contributed by atoms with van der Waals surface area (Å²) in [6, 6.07) is 15.5. The van der Waals surface area contributed by atoms with Crippen molar-refractivity contribution in [2.24, 2.45) is 23.7 Å². The standard InChI is InChI=1S/C24H20N2O2/c25-13-6-5-7-14(12-13)26-23(27)21-19-15-8-1-2-9-16(15)20(22(21)24(26)28)18-11-4-3-10-17(18)19/h1-12,15-16,19-22H,25H2. The molecular weight excluding hydrogens is 348 g/mol. The highest BCUT2D eigenvalue weighted by Crippen LogP contribution is 2.64. The summed E-state index contributed by atoms with van der Waals surface area (Å²) in [6.45, 7) is 0. The van der Waals surface area contributed by atoms with Crippen LogP contribution in [0.25, 0.3) is 0 Å². The number of carbonyl (C=O) groups excluding carboxylic acids is 2. The number of nitrogens with zero attached hydrogens (tertiary/aromatic N) is 1.